The average Bonchev–Trinajstić information content (AvgIpc) is 3.56. The standard InChI is InChI=1S/C21H24N2O7/c1-26-14-9-8-12(19(27-2)20(14)28-3)15-13(10-22-30-5)23-17(21(25)29-4)16(15)18(24)11-6-7-11/h8-11,23H,6-7H2,1-5H3/b22-10+. The predicted octanol–water partition coefficient (Wildman–Crippen LogP) is 3.07. The molecule has 0 bridgehead atoms. The quantitative estimate of drug-likeness (QED) is 0.290. The van der Waals surface area contributed by atoms with Gasteiger partial charge in [-0.05, 0) is 25.0 Å². The molecule has 3 rings (SSSR count). The van der Waals surface area contributed by atoms with Crippen molar-refractivity contribution in [2.24, 2.45) is 11.1 Å². The van der Waals surface area contributed by atoms with Crippen molar-refractivity contribution in [2.75, 3.05) is 35.5 Å². The fourth-order valence-electron chi connectivity index (χ4n) is 3.35. The number of aromatic amines is 1. The lowest BCUT2D eigenvalue weighted by atomic mass is 9.94. The summed E-state index contributed by atoms with van der Waals surface area (Å²) < 4.78 is 21.3. The van der Waals surface area contributed by atoms with Crippen LogP contribution < -0.4 is 14.2 Å². The van der Waals surface area contributed by atoms with Gasteiger partial charge in [0.1, 0.15) is 12.8 Å². The molecule has 1 heterocycles. The van der Waals surface area contributed by atoms with Crippen LogP contribution in [0.1, 0.15) is 39.4 Å². The molecule has 30 heavy (non-hydrogen) atoms. The Bertz CT molecular complexity index is 990. The number of rotatable bonds is 9. The van der Waals surface area contributed by atoms with Crippen LogP contribution in [-0.2, 0) is 9.57 Å². The van der Waals surface area contributed by atoms with Crippen LogP contribution in [0.2, 0.25) is 0 Å². The summed E-state index contributed by atoms with van der Waals surface area (Å²) in [5, 5.41) is 3.80. The van der Waals surface area contributed by atoms with E-state index >= 15 is 0 Å². The van der Waals surface area contributed by atoms with Crippen molar-refractivity contribution >= 4 is 18.0 Å². The second kappa shape index (κ2) is 8.89. The second-order valence-corrected chi connectivity index (χ2v) is 6.59. The average molecular weight is 416 g/mol. The van der Waals surface area contributed by atoms with Crippen molar-refractivity contribution < 1.29 is 33.4 Å². The molecular formula is C21H24N2O7. The minimum atomic E-state index is -0.656. The molecule has 0 spiro atoms. The van der Waals surface area contributed by atoms with Crippen LogP contribution in [-0.4, -0.2) is 58.5 Å². The molecule has 1 aliphatic rings. The number of aromatic nitrogens is 1. The third-order valence-corrected chi connectivity index (χ3v) is 4.87. The maximum Gasteiger partial charge on any atom is 0.355 e. The maximum atomic E-state index is 13.2. The van der Waals surface area contributed by atoms with Crippen LogP contribution in [0.5, 0.6) is 17.2 Å². The van der Waals surface area contributed by atoms with Crippen LogP contribution in [0.25, 0.3) is 11.1 Å². The number of hydrogen-bond donors (Lipinski definition) is 1. The molecule has 1 saturated carbocycles. The molecule has 0 amide bonds. The molecule has 0 radical (unpaired) electrons. The summed E-state index contributed by atoms with van der Waals surface area (Å²) in [7, 11) is 7.15. The van der Waals surface area contributed by atoms with Gasteiger partial charge < -0.3 is 28.8 Å². The molecule has 1 fully saturated rings. The number of methoxy groups -OCH3 is 4. The van der Waals surface area contributed by atoms with Gasteiger partial charge in [-0.1, -0.05) is 5.16 Å². The minimum Gasteiger partial charge on any atom is -0.493 e. The van der Waals surface area contributed by atoms with Gasteiger partial charge >= 0.3 is 5.97 Å². The normalized spacial score (nSPS) is 13.2. The van der Waals surface area contributed by atoms with Crippen LogP contribution in [0.15, 0.2) is 17.3 Å². The van der Waals surface area contributed by atoms with Crippen molar-refractivity contribution in [3.05, 3.63) is 29.1 Å². The highest BCUT2D eigenvalue weighted by Gasteiger charge is 2.38. The number of hydrogen-bond acceptors (Lipinski definition) is 8. The first-order valence-corrected chi connectivity index (χ1v) is 9.26. The number of ketones is 1. The van der Waals surface area contributed by atoms with Gasteiger partial charge in [-0.15, -0.1) is 0 Å². The number of oxime groups is 1. The molecule has 0 saturated heterocycles. The van der Waals surface area contributed by atoms with E-state index in [1.54, 1.807) is 12.1 Å². The van der Waals surface area contributed by atoms with E-state index in [1.807, 2.05) is 0 Å². The van der Waals surface area contributed by atoms with Gasteiger partial charge in [0.2, 0.25) is 5.75 Å². The van der Waals surface area contributed by atoms with Gasteiger partial charge in [-0.2, -0.15) is 0 Å². The predicted molar refractivity (Wildman–Crippen MR) is 109 cm³/mol. The van der Waals surface area contributed by atoms with Crippen molar-refractivity contribution in [3.63, 3.8) is 0 Å². The number of ether oxygens (including phenoxy) is 4. The summed E-state index contributed by atoms with van der Waals surface area (Å²) in [6.07, 6.45) is 2.94. The monoisotopic (exact) mass is 416 g/mol. The summed E-state index contributed by atoms with van der Waals surface area (Å²) in [4.78, 5) is 33.4. The summed E-state index contributed by atoms with van der Waals surface area (Å²) in [6.45, 7) is 0. The van der Waals surface area contributed by atoms with Crippen molar-refractivity contribution in [2.45, 2.75) is 12.8 Å². The van der Waals surface area contributed by atoms with Crippen molar-refractivity contribution in [3.8, 4) is 28.4 Å². The number of Topliss-reactive ketones (excluding diaryl/α,β-unsaturated/α-hetero) is 1. The van der Waals surface area contributed by atoms with E-state index in [0.29, 0.717) is 34.1 Å². The molecule has 1 N–H and O–H groups in total. The number of nitrogens with one attached hydrogen (secondary N) is 1. The van der Waals surface area contributed by atoms with E-state index in [-0.39, 0.29) is 23.0 Å². The fourth-order valence-corrected chi connectivity index (χ4v) is 3.35. The molecule has 1 aliphatic carbocycles. The Morgan fingerprint density at radius 2 is 1.73 bits per heavy atom. The summed E-state index contributed by atoms with van der Waals surface area (Å²) in [5.41, 5.74) is 1.66. The van der Waals surface area contributed by atoms with E-state index in [2.05, 4.69) is 10.1 Å². The first-order valence-electron chi connectivity index (χ1n) is 9.26. The molecule has 2 aromatic rings. The summed E-state index contributed by atoms with van der Waals surface area (Å²) >= 11 is 0. The van der Waals surface area contributed by atoms with Gasteiger partial charge in [0.05, 0.1) is 45.9 Å². The van der Waals surface area contributed by atoms with E-state index in [9.17, 15) is 9.59 Å². The lowest BCUT2D eigenvalue weighted by molar-refractivity contribution is 0.0590. The number of nitrogens with zero attached hydrogens (tertiary/aromatic N) is 1. The molecule has 0 aliphatic heterocycles. The van der Waals surface area contributed by atoms with Crippen LogP contribution >= 0.6 is 0 Å². The molecular weight excluding hydrogens is 392 g/mol. The zero-order valence-electron chi connectivity index (χ0n) is 17.5. The van der Waals surface area contributed by atoms with Crippen LogP contribution in [0, 0.1) is 5.92 Å². The van der Waals surface area contributed by atoms with E-state index in [1.165, 1.54) is 41.8 Å². The number of benzene rings is 1. The summed E-state index contributed by atoms with van der Waals surface area (Å²) in [6, 6.07) is 3.43. The van der Waals surface area contributed by atoms with E-state index < -0.39 is 5.97 Å². The smallest absolute Gasteiger partial charge is 0.355 e. The SMILES string of the molecule is CO/N=C/c1[nH]c(C(=O)OC)c(C(=O)C2CC2)c1-c1ccc(OC)c(OC)c1OC. The highest BCUT2D eigenvalue weighted by atomic mass is 16.6. The van der Waals surface area contributed by atoms with Crippen LogP contribution in [0.4, 0.5) is 0 Å². The zero-order chi connectivity index (χ0) is 21.8. The lowest BCUT2D eigenvalue weighted by Gasteiger charge is -2.16. The Kier molecular flexibility index (Phi) is 6.29. The molecule has 0 unspecified atom stereocenters. The molecule has 160 valence electrons. The van der Waals surface area contributed by atoms with Crippen LogP contribution in [0.3, 0.4) is 0 Å². The third kappa shape index (κ3) is 3.70. The van der Waals surface area contributed by atoms with Crippen molar-refractivity contribution in [1.29, 1.82) is 0 Å². The highest BCUT2D eigenvalue weighted by Crippen LogP contribution is 2.47. The Balaban J connectivity index is 2.37. The van der Waals surface area contributed by atoms with Gasteiger partial charge in [-0.3, -0.25) is 4.79 Å². The zero-order valence-corrected chi connectivity index (χ0v) is 17.5. The Hall–Kier alpha value is -3.49. The molecule has 9 heteroatoms. The first-order chi connectivity index (χ1) is 14.5. The van der Waals surface area contributed by atoms with Gasteiger partial charge in [-0.25, -0.2) is 4.79 Å². The largest absolute Gasteiger partial charge is 0.493 e. The van der Waals surface area contributed by atoms with E-state index in [0.717, 1.165) is 12.8 Å². The first kappa shape index (κ1) is 21.2. The highest BCUT2D eigenvalue weighted by molar-refractivity contribution is 6.15. The number of esters is 1. The van der Waals surface area contributed by atoms with Gasteiger partial charge in [0.15, 0.2) is 17.3 Å². The molecule has 9 nitrogen and oxygen atoms in total. The molecule has 1 aromatic heterocycles. The number of H-pyrrole nitrogens is 1. The Morgan fingerprint density at radius 3 is 2.27 bits per heavy atom. The minimum absolute atomic E-state index is 0.0544. The van der Waals surface area contributed by atoms with Crippen molar-refractivity contribution in [1.82, 2.24) is 4.98 Å². The number of carbonyl (C=O) groups excluding carboxylic acids is 2. The lowest BCUT2D eigenvalue weighted by Crippen LogP contribution is -2.11. The summed E-state index contributed by atoms with van der Waals surface area (Å²) in [5.74, 6) is 0.236. The maximum absolute atomic E-state index is 13.2. The Labute approximate surface area is 173 Å². The molecule has 0 atom stereocenters. The topological polar surface area (TPSA) is 108 Å². The fraction of sp³-hybridized carbons (Fsp3) is 0.381. The van der Waals surface area contributed by atoms with E-state index in [4.69, 9.17) is 23.8 Å². The Morgan fingerprint density at radius 1 is 1.03 bits per heavy atom. The van der Waals surface area contributed by atoms with Gasteiger partial charge in [0.25, 0.3) is 0 Å². The molecule has 1 aromatic carbocycles. The van der Waals surface area contributed by atoms with Gasteiger partial charge in [0, 0.05) is 17.0 Å². The third-order valence-electron chi connectivity index (χ3n) is 4.87. The second-order valence-electron chi connectivity index (χ2n) is 6.59. The number of carbonyl (C=O) groups is 2.